The zero-order valence-electron chi connectivity index (χ0n) is 10.7. The van der Waals surface area contributed by atoms with Crippen LogP contribution >= 0.6 is 12.2 Å². The molecule has 2 rings (SSSR count). The summed E-state index contributed by atoms with van der Waals surface area (Å²) >= 11 is 5.18. The Balaban J connectivity index is 2.65. The fourth-order valence-corrected chi connectivity index (χ4v) is 2.12. The summed E-state index contributed by atoms with van der Waals surface area (Å²) in [5.41, 5.74) is 6.16. The van der Waals surface area contributed by atoms with Crippen LogP contribution in [0.5, 0.6) is 0 Å². The number of aromatic amines is 1. The van der Waals surface area contributed by atoms with Crippen LogP contribution in [-0.2, 0) is 0 Å². The Morgan fingerprint density at radius 3 is 2.39 bits per heavy atom. The van der Waals surface area contributed by atoms with E-state index in [-0.39, 0.29) is 0 Å². The average molecular weight is 254 g/mol. The molecule has 18 heavy (non-hydrogen) atoms. The number of aromatic nitrogens is 1. The van der Waals surface area contributed by atoms with Crippen molar-refractivity contribution in [3.05, 3.63) is 51.2 Å². The normalized spacial score (nSPS) is 10.1. The maximum absolute atomic E-state index is 8.95. The second-order valence-corrected chi connectivity index (χ2v) is 4.89. The van der Waals surface area contributed by atoms with E-state index in [1.54, 1.807) is 0 Å². The van der Waals surface area contributed by atoms with E-state index in [4.69, 9.17) is 17.5 Å². The van der Waals surface area contributed by atoms with E-state index < -0.39 is 0 Å². The molecular weight excluding hydrogens is 240 g/mol. The van der Waals surface area contributed by atoms with Gasteiger partial charge in [-0.05, 0) is 55.2 Å². The number of nitrogens with one attached hydrogen (secondary N) is 1. The van der Waals surface area contributed by atoms with Crippen molar-refractivity contribution < 1.29 is 0 Å². The third-order valence-corrected chi connectivity index (χ3v) is 3.48. The first kappa shape index (κ1) is 12.5. The minimum Gasteiger partial charge on any atom is -0.345 e. The summed E-state index contributed by atoms with van der Waals surface area (Å²) in [6.45, 7) is 6.16. The highest BCUT2D eigenvalue weighted by Gasteiger charge is 2.06. The van der Waals surface area contributed by atoms with Crippen molar-refractivity contribution in [2.45, 2.75) is 20.8 Å². The maximum Gasteiger partial charge on any atom is 0.121 e. The van der Waals surface area contributed by atoms with Gasteiger partial charge in [0.15, 0.2) is 0 Å². The van der Waals surface area contributed by atoms with Crippen LogP contribution in [0.1, 0.15) is 22.3 Å². The number of pyridine rings is 1. The van der Waals surface area contributed by atoms with Crippen molar-refractivity contribution >= 4 is 12.2 Å². The largest absolute Gasteiger partial charge is 0.345 e. The van der Waals surface area contributed by atoms with E-state index in [0.717, 1.165) is 16.8 Å². The predicted octanol–water partition coefficient (Wildman–Crippen LogP) is 4.21. The van der Waals surface area contributed by atoms with Gasteiger partial charge >= 0.3 is 0 Å². The molecule has 0 bridgehead atoms. The molecule has 0 spiro atoms. The quantitative estimate of drug-likeness (QED) is 0.774. The molecule has 1 N–H and O–H groups in total. The first-order valence-electron chi connectivity index (χ1n) is 5.74. The minimum atomic E-state index is 0.497. The first-order valence-corrected chi connectivity index (χ1v) is 6.15. The van der Waals surface area contributed by atoms with E-state index in [1.165, 1.54) is 11.1 Å². The van der Waals surface area contributed by atoms with Crippen LogP contribution in [-0.4, -0.2) is 4.98 Å². The Bertz CT molecular complexity index is 705. The number of hydrogen-bond acceptors (Lipinski definition) is 2. The highest BCUT2D eigenvalue weighted by molar-refractivity contribution is 7.71. The molecule has 0 amide bonds. The fraction of sp³-hybridized carbons (Fsp3) is 0.200. The molecule has 0 saturated carbocycles. The van der Waals surface area contributed by atoms with Crippen molar-refractivity contribution in [1.29, 1.82) is 5.26 Å². The Morgan fingerprint density at radius 1 is 1.06 bits per heavy atom. The average Bonchev–Trinajstić information content (AvgIpc) is 2.35. The van der Waals surface area contributed by atoms with Gasteiger partial charge in [-0.1, -0.05) is 24.4 Å². The summed E-state index contributed by atoms with van der Waals surface area (Å²) in [5, 5.41) is 8.95. The monoisotopic (exact) mass is 254 g/mol. The molecule has 1 aromatic heterocycles. The van der Waals surface area contributed by atoms with Crippen molar-refractivity contribution in [1.82, 2.24) is 4.98 Å². The third kappa shape index (κ3) is 2.20. The lowest BCUT2D eigenvalue weighted by Gasteiger charge is -2.09. The zero-order chi connectivity index (χ0) is 13.3. The van der Waals surface area contributed by atoms with Gasteiger partial charge < -0.3 is 4.98 Å². The van der Waals surface area contributed by atoms with E-state index in [1.807, 2.05) is 13.0 Å². The number of benzene rings is 1. The number of H-pyrrole nitrogens is 1. The van der Waals surface area contributed by atoms with Crippen LogP contribution < -0.4 is 0 Å². The molecule has 0 fully saturated rings. The fourth-order valence-electron chi connectivity index (χ4n) is 1.91. The van der Waals surface area contributed by atoms with Gasteiger partial charge in [0, 0.05) is 5.69 Å². The van der Waals surface area contributed by atoms with Crippen LogP contribution in [0.4, 0.5) is 0 Å². The summed E-state index contributed by atoms with van der Waals surface area (Å²) in [6.07, 6.45) is 0. The van der Waals surface area contributed by atoms with Crippen molar-refractivity contribution in [3.8, 4) is 17.3 Å². The van der Waals surface area contributed by atoms with Crippen LogP contribution in [0.2, 0.25) is 0 Å². The lowest BCUT2D eigenvalue weighted by molar-refractivity contribution is 1.22. The molecule has 0 saturated heterocycles. The van der Waals surface area contributed by atoms with Crippen molar-refractivity contribution in [3.63, 3.8) is 0 Å². The molecule has 0 aliphatic rings. The summed E-state index contributed by atoms with van der Waals surface area (Å²) in [6, 6.07) is 10.2. The van der Waals surface area contributed by atoms with Crippen molar-refractivity contribution in [2.24, 2.45) is 0 Å². The molecule has 0 radical (unpaired) electrons. The van der Waals surface area contributed by atoms with Gasteiger partial charge in [0.25, 0.3) is 0 Å². The summed E-state index contributed by atoms with van der Waals surface area (Å²) in [7, 11) is 0. The highest BCUT2D eigenvalue weighted by Crippen LogP contribution is 2.24. The van der Waals surface area contributed by atoms with Crippen LogP contribution in [0.3, 0.4) is 0 Å². The van der Waals surface area contributed by atoms with Crippen LogP contribution in [0.15, 0.2) is 24.3 Å². The minimum absolute atomic E-state index is 0.497. The lowest BCUT2D eigenvalue weighted by atomic mass is 10.0. The molecule has 1 aromatic carbocycles. The summed E-state index contributed by atoms with van der Waals surface area (Å²) < 4.78 is 0.497. The van der Waals surface area contributed by atoms with E-state index in [0.29, 0.717) is 10.2 Å². The molecular formula is C15H14N2S. The number of nitriles is 1. The van der Waals surface area contributed by atoms with Gasteiger partial charge in [-0.25, -0.2) is 0 Å². The number of hydrogen-bond donors (Lipinski definition) is 1. The van der Waals surface area contributed by atoms with E-state index >= 15 is 0 Å². The molecule has 0 atom stereocenters. The Labute approximate surface area is 112 Å². The number of rotatable bonds is 1. The molecule has 90 valence electrons. The molecule has 0 aliphatic heterocycles. The van der Waals surface area contributed by atoms with Crippen LogP contribution in [0.25, 0.3) is 11.3 Å². The smallest absolute Gasteiger partial charge is 0.121 e. The predicted molar refractivity (Wildman–Crippen MR) is 76.0 cm³/mol. The Kier molecular flexibility index (Phi) is 3.31. The maximum atomic E-state index is 8.95. The highest BCUT2D eigenvalue weighted by atomic mass is 32.1. The van der Waals surface area contributed by atoms with Gasteiger partial charge in [-0.3, -0.25) is 0 Å². The molecule has 0 unspecified atom stereocenters. The molecule has 2 nitrogen and oxygen atoms in total. The number of aryl methyl sites for hydroxylation is 3. The second-order valence-electron chi connectivity index (χ2n) is 4.48. The van der Waals surface area contributed by atoms with Gasteiger partial charge in [-0.15, -0.1) is 0 Å². The van der Waals surface area contributed by atoms with Gasteiger partial charge in [0.1, 0.15) is 10.7 Å². The SMILES string of the molecule is Cc1ccc(-c2[nH]c(=S)c(C#N)cc2C)cc1C. The van der Waals surface area contributed by atoms with Gasteiger partial charge in [0.2, 0.25) is 0 Å². The summed E-state index contributed by atoms with van der Waals surface area (Å²) in [5.74, 6) is 0. The van der Waals surface area contributed by atoms with Gasteiger partial charge in [0.05, 0.1) is 5.56 Å². The van der Waals surface area contributed by atoms with E-state index in [2.05, 4.69) is 43.1 Å². The molecule has 1 heterocycles. The standard InChI is InChI=1S/C15H14N2S/c1-9-4-5-12(6-10(9)2)14-11(3)7-13(8-16)15(18)17-14/h4-7H,1-3H3,(H,17,18). The van der Waals surface area contributed by atoms with Crippen molar-refractivity contribution in [2.75, 3.05) is 0 Å². The Hall–Kier alpha value is -1.92. The first-order chi connectivity index (χ1) is 8.52. The third-order valence-electron chi connectivity index (χ3n) is 3.15. The van der Waals surface area contributed by atoms with E-state index in [9.17, 15) is 0 Å². The summed E-state index contributed by atoms with van der Waals surface area (Å²) in [4.78, 5) is 3.15. The second kappa shape index (κ2) is 4.75. The van der Waals surface area contributed by atoms with Gasteiger partial charge in [-0.2, -0.15) is 5.26 Å². The molecule has 2 aromatic rings. The zero-order valence-corrected chi connectivity index (χ0v) is 11.5. The topological polar surface area (TPSA) is 39.6 Å². The van der Waals surface area contributed by atoms with Crippen LogP contribution in [0, 0.1) is 36.7 Å². The molecule has 0 aliphatic carbocycles. The number of nitrogens with zero attached hydrogens (tertiary/aromatic N) is 1. The lowest BCUT2D eigenvalue weighted by Crippen LogP contribution is -1.93. The Morgan fingerprint density at radius 2 is 1.78 bits per heavy atom. The molecule has 3 heteroatoms.